The molecule has 0 N–H and O–H groups in total. The van der Waals surface area contributed by atoms with Crippen molar-refractivity contribution in [2.45, 2.75) is 24.7 Å². The third-order valence-corrected chi connectivity index (χ3v) is 3.96. The Bertz CT molecular complexity index is 593. The molecular formula is C13H15N3OS. The zero-order valence-electron chi connectivity index (χ0n) is 10.3. The summed E-state index contributed by atoms with van der Waals surface area (Å²) in [6.07, 6.45) is 3.67. The topological polar surface area (TPSA) is 38.1 Å². The number of fused-ring (bicyclic) bond motifs is 1. The molecule has 0 atom stereocenters. The Balaban J connectivity index is 2.01. The number of benzene rings is 1. The van der Waals surface area contributed by atoms with Crippen LogP contribution < -0.4 is 0 Å². The lowest BCUT2D eigenvalue weighted by atomic mass is 10.3. The van der Waals surface area contributed by atoms with Crippen molar-refractivity contribution in [3.05, 3.63) is 24.3 Å². The minimum Gasteiger partial charge on any atom is -0.325 e. The van der Waals surface area contributed by atoms with E-state index in [1.165, 1.54) is 0 Å². The van der Waals surface area contributed by atoms with Crippen molar-refractivity contribution in [1.29, 1.82) is 0 Å². The van der Waals surface area contributed by atoms with Gasteiger partial charge in [0, 0.05) is 13.0 Å². The summed E-state index contributed by atoms with van der Waals surface area (Å²) in [6.45, 7) is 1.48. The molecule has 0 saturated carbocycles. The second-order valence-electron chi connectivity index (χ2n) is 4.42. The van der Waals surface area contributed by atoms with Crippen molar-refractivity contribution >= 4 is 28.7 Å². The standard InChI is InChI=1S/C13H15N3OS/c1-18-13-14-10-5-2-3-6-11(10)16(13)9-15-8-4-7-12(15)17/h2-3,5-6H,4,7-9H2,1H3. The van der Waals surface area contributed by atoms with Gasteiger partial charge in [-0.2, -0.15) is 0 Å². The van der Waals surface area contributed by atoms with E-state index in [2.05, 4.69) is 15.6 Å². The maximum absolute atomic E-state index is 11.7. The number of nitrogens with zero attached hydrogens (tertiary/aromatic N) is 3. The molecule has 2 heterocycles. The predicted molar refractivity (Wildman–Crippen MR) is 72.5 cm³/mol. The number of hydrogen-bond acceptors (Lipinski definition) is 3. The fourth-order valence-corrected chi connectivity index (χ4v) is 2.94. The van der Waals surface area contributed by atoms with Gasteiger partial charge >= 0.3 is 0 Å². The first-order chi connectivity index (χ1) is 8.79. The molecule has 0 aliphatic carbocycles. The molecule has 18 heavy (non-hydrogen) atoms. The highest BCUT2D eigenvalue weighted by atomic mass is 32.2. The van der Waals surface area contributed by atoms with Crippen LogP contribution in [0.25, 0.3) is 11.0 Å². The second-order valence-corrected chi connectivity index (χ2v) is 5.19. The molecule has 1 aliphatic heterocycles. The normalized spacial score (nSPS) is 15.8. The summed E-state index contributed by atoms with van der Waals surface area (Å²) in [5, 5.41) is 0.968. The number of rotatable bonds is 3. The molecule has 0 unspecified atom stereocenters. The van der Waals surface area contributed by atoms with Gasteiger partial charge in [0.15, 0.2) is 5.16 Å². The largest absolute Gasteiger partial charge is 0.325 e. The predicted octanol–water partition coefficient (Wildman–Crippen LogP) is 2.34. The van der Waals surface area contributed by atoms with Crippen LogP contribution in [-0.2, 0) is 11.5 Å². The van der Waals surface area contributed by atoms with Crippen LogP contribution in [-0.4, -0.2) is 33.2 Å². The first-order valence-corrected chi connectivity index (χ1v) is 7.29. The second kappa shape index (κ2) is 4.65. The van der Waals surface area contributed by atoms with Crippen molar-refractivity contribution in [2.24, 2.45) is 0 Å². The average molecular weight is 261 g/mol. The van der Waals surface area contributed by atoms with Crippen molar-refractivity contribution in [1.82, 2.24) is 14.5 Å². The Morgan fingerprint density at radius 2 is 2.22 bits per heavy atom. The monoisotopic (exact) mass is 261 g/mol. The molecule has 1 aliphatic rings. The Labute approximate surface area is 110 Å². The van der Waals surface area contributed by atoms with E-state index in [1.807, 2.05) is 29.4 Å². The Morgan fingerprint density at radius 3 is 2.94 bits per heavy atom. The average Bonchev–Trinajstić information content (AvgIpc) is 2.95. The first-order valence-electron chi connectivity index (χ1n) is 6.06. The van der Waals surface area contributed by atoms with Crippen molar-refractivity contribution < 1.29 is 4.79 Å². The summed E-state index contributed by atoms with van der Waals surface area (Å²) >= 11 is 1.62. The quantitative estimate of drug-likeness (QED) is 0.796. The van der Waals surface area contributed by atoms with Crippen LogP contribution in [0.15, 0.2) is 29.4 Å². The van der Waals surface area contributed by atoms with Gasteiger partial charge < -0.3 is 9.47 Å². The zero-order valence-corrected chi connectivity index (χ0v) is 11.1. The summed E-state index contributed by atoms with van der Waals surface area (Å²) in [6, 6.07) is 8.07. The maximum Gasteiger partial charge on any atom is 0.224 e. The first kappa shape index (κ1) is 11.6. The van der Waals surface area contributed by atoms with E-state index in [4.69, 9.17) is 0 Å². The molecule has 1 fully saturated rings. The molecule has 4 nitrogen and oxygen atoms in total. The molecule has 1 aromatic heterocycles. The van der Waals surface area contributed by atoms with Crippen LogP contribution in [0.1, 0.15) is 12.8 Å². The fraction of sp³-hybridized carbons (Fsp3) is 0.385. The third kappa shape index (κ3) is 1.88. The van der Waals surface area contributed by atoms with Gasteiger partial charge in [0.1, 0.15) is 0 Å². The molecule has 0 bridgehead atoms. The molecule has 1 saturated heterocycles. The maximum atomic E-state index is 11.7. The van der Waals surface area contributed by atoms with Gasteiger partial charge in [-0.15, -0.1) is 0 Å². The lowest BCUT2D eigenvalue weighted by molar-refractivity contribution is -0.129. The number of carbonyl (C=O) groups excluding carboxylic acids is 1. The molecule has 1 amide bonds. The number of imidazole rings is 1. The van der Waals surface area contributed by atoms with Gasteiger partial charge in [0.25, 0.3) is 0 Å². The highest BCUT2D eigenvalue weighted by Gasteiger charge is 2.22. The summed E-state index contributed by atoms with van der Waals surface area (Å²) in [5.74, 6) is 0.250. The van der Waals surface area contributed by atoms with Crippen molar-refractivity contribution in [3.8, 4) is 0 Å². The lowest BCUT2D eigenvalue weighted by Gasteiger charge is -2.18. The van der Waals surface area contributed by atoms with Gasteiger partial charge in [-0.25, -0.2) is 4.98 Å². The molecule has 0 spiro atoms. The molecular weight excluding hydrogens is 246 g/mol. The van der Waals surface area contributed by atoms with E-state index in [1.54, 1.807) is 11.8 Å². The van der Waals surface area contributed by atoms with Gasteiger partial charge in [0.05, 0.1) is 17.7 Å². The van der Waals surface area contributed by atoms with Crippen LogP contribution >= 0.6 is 11.8 Å². The zero-order chi connectivity index (χ0) is 12.5. The van der Waals surface area contributed by atoms with Crippen LogP contribution in [0, 0.1) is 0 Å². The van der Waals surface area contributed by atoms with E-state index in [9.17, 15) is 4.79 Å². The number of aromatic nitrogens is 2. The Kier molecular flexibility index (Phi) is 2.99. The van der Waals surface area contributed by atoms with Crippen molar-refractivity contribution in [2.75, 3.05) is 12.8 Å². The van der Waals surface area contributed by atoms with E-state index >= 15 is 0 Å². The van der Waals surface area contributed by atoms with Gasteiger partial charge in [-0.05, 0) is 24.8 Å². The Hall–Kier alpha value is -1.49. The molecule has 2 aromatic rings. The minimum absolute atomic E-state index is 0.250. The van der Waals surface area contributed by atoms with Crippen LogP contribution in [0.5, 0.6) is 0 Å². The minimum atomic E-state index is 0.250. The molecule has 5 heteroatoms. The fourth-order valence-electron chi connectivity index (χ4n) is 2.37. The SMILES string of the molecule is CSc1nc2ccccc2n1CN1CCCC1=O. The summed E-state index contributed by atoms with van der Waals surface area (Å²) in [4.78, 5) is 18.2. The number of para-hydroxylation sites is 2. The van der Waals surface area contributed by atoms with Gasteiger partial charge in [-0.3, -0.25) is 4.79 Å². The Morgan fingerprint density at radius 1 is 1.39 bits per heavy atom. The number of hydrogen-bond donors (Lipinski definition) is 0. The number of likely N-dealkylation sites (tertiary alicyclic amines) is 1. The van der Waals surface area contributed by atoms with E-state index in [0.29, 0.717) is 13.1 Å². The highest BCUT2D eigenvalue weighted by Crippen LogP contribution is 2.23. The number of thioether (sulfide) groups is 1. The molecule has 0 radical (unpaired) electrons. The number of amides is 1. The van der Waals surface area contributed by atoms with E-state index < -0.39 is 0 Å². The summed E-state index contributed by atoms with van der Waals surface area (Å²) in [7, 11) is 0. The third-order valence-electron chi connectivity index (χ3n) is 3.29. The smallest absolute Gasteiger partial charge is 0.224 e. The van der Waals surface area contributed by atoms with Crippen LogP contribution in [0.2, 0.25) is 0 Å². The van der Waals surface area contributed by atoms with Gasteiger partial charge in [-0.1, -0.05) is 23.9 Å². The molecule has 3 rings (SSSR count). The molecule has 94 valence electrons. The van der Waals surface area contributed by atoms with Gasteiger partial charge in [0.2, 0.25) is 5.91 Å². The summed E-state index contributed by atoms with van der Waals surface area (Å²) < 4.78 is 2.13. The highest BCUT2D eigenvalue weighted by molar-refractivity contribution is 7.98. The van der Waals surface area contributed by atoms with E-state index in [-0.39, 0.29) is 5.91 Å². The summed E-state index contributed by atoms with van der Waals surface area (Å²) in [5.41, 5.74) is 2.09. The molecule has 1 aromatic carbocycles. The van der Waals surface area contributed by atoms with Crippen molar-refractivity contribution in [3.63, 3.8) is 0 Å². The van der Waals surface area contributed by atoms with Crippen LogP contribution in [0.4, 0.5) is 0 Å². The van der Waals surface area contributed by atoms with Crippen LogP contribution in [0.3, 0.4) is 0 Å². The van der Waals surface area contributed by atoms with E-state index in [0.717, 1.165) is 29.2 Å². The number of carbonyl (C=O) groups is 1. The lowest BCUT2D eigenvalue weighted by Crippen LogP contribution is -2.27.